The van der Waals surface area contributed by atoms with Crippen molar-refractivity contribution in [3.8, 4) is 11.3 Å². The minimum Gasteiger partial charge on any atom is -0.346 e. The van der Waals surface area contributed by atoms with Crippen LogP contribution in [0, 0.1) is 0 Å². The molecule has 1 aliphatic rings. The molecule has 0 radical (unpaired) electrons. The third-order valence-corrected chi connectivity index (χ3v) is 3.97. The van der Waals surface area contributed by atoms with Crippen LogP contribution in [0.2, 0.25) is 0 Å². The van der Waals surface area contributed by atoms with E-state index in [9.17, 15) is 0 Å². The highest BCUT2D eigenvalue weighted by molar-refractivity contribution is 5.75. The maximum absolute atomic E-state index is 5.95. The number of fused-ring (bicyclic) bond motifs is 3. The van der Waals surface area contributed by atoms with Crippen molar-refractivity contribution < 1.29 is 0 Å². The van der Waals surface area contributed by atoms with E-state index >= 15 is 0 Å². The van der Waals surface area contributed by atoms with Gasteiger partial charge in [-0.05, 0) is 41.7 Å². The monoisotopic (exact) mass is 254 g/mol. The molecule has 0 amide bonds. The zero-order chi connectivity index (χ0) is 13.6. The average Bonchev–Trinajstić information content (AvgIpc) is 2.87. The summed E-state index contributed by atoms with van der Waals surface area (Å²) in [5, 5.41) is 0. The van der Waals surface area contributed by atoms with E-state index in [0.29, 0.717) is 5.92 Å². The number of hydrogen-bond acceptors (Lipinski definition) is 1. The summed E-state index contributed by atoms with van der Waals surface area (Å²) in [6, 6.07) is 9.36. The Bertz CT molecular complexity index is 606. The first-order valence-corrected chi connectivity index (χ1v) is 7.13. The zero-order valence-corrected chi connectivity index (χ0v) is 12.0. The van der Waals surface area contributed by atoms with Crippen LogP contribution in [0.4, 0.5) is 0 Å². The molecular weight excluding hydrogens is 232 g/mol. The topological polar surface area (TPSA) is 30.9 Å². The molecule has 1 aliphatic carbocycles. The van der Waals surface area contributed by atoms with Crippen LogP contribution in [0.3, 0.4) is 0 Å². The smallest absolute Gasteiger partial charge is 0.0519 e. The number of hydrogen-bond donors (Lipinski definition) is 1. The highest BCUT2D eigenvalue weighted by atomic mass is 15.0. The molecule has 100 valence electrons. The van der Waals surface area contributed by atoms with E-state index in [1.165, 1.54) is 27.9 Å². The Morgan fingerprint density at radius 3 is 2.63 bits per heavy atom. The van der Waals surface area contributed by atoms with Crippen LogP contribution in [0.5, 0.6) is 0 Å². The first kappa shape index (κ1) is 12.5. The van der Waals surface area contributed by atoms with Gasteiger partial charge in [0.05, 0.1) is 5.69 Å². The van der Waals surface area contributed by atoms with Crippen molar-refractivity contribution in [2.45, 2.75) is 45.7 Å². The molecule has 2 nitrogen and oxygen atoms in total. The van der Waals surface area contributed by atoms with Gasteiger partial charge >= 0.3 is 0 Å². The van der Waals surface area contributed by atoms with Crippen molar-refractivity contribution in [2.24, 2.45) is 5.73 Å². The molecule has 0 bridgehead atoms. The molecule has 0 saturated carbocycles. The average molecular weight is 254 g/mol. The van der Waals surface area contributed by atoms with E-state index in [1.54, 1.807) is 0 Å². The molecular formula is C17H22N2. The third-order valence-electron chi connectivity index (χ3n) is 3.97. The Labute approximate surface area is 115 Å². The molecule has 1 aromatic carbocycles. The Kier molecular flexibility index (Phi) is 2.98. The molecule has 1 aromatic heterocycles. The summed E-state index contributed by atoms with van der Waals surface area (Å²) in [7, 11) is 0. The Hall–Kier alpha value is -1.54. The normalized spacial score (nSPS) is 14.6. The largest absolute Gasteiger partial charge is 0.346 e. The lowest BCUT2D eigenvalue weighted by molar-refractivity contribution is 0.596. The summed E-state index contributed by atoms with van der Waals surface area (Å²) >= 11 is 0. The van der Waals surface area contributed by atoms with Crippen LogP contribution in [0.25, 0.3) is 11.3 Å². The van der Waals surface area contributed by atoms with Gasteiger partial charge in [-0.15, -0.1) is 0 Å². The van der Waals surface area contributed by atoms with E-state index in [2.05, 4.69) is 55.8 Å². The lowest BCUT2D eigenvalue weighted by Gasteiger charge is -2.13. The number of nitrogens with two attached hydrogens (primary N) is 1. The molecule has 1 heterocycles. The molecule has 19 heavy (non-hydrogen) atoms. The van der Waals surface area contributed by atoms with Crippen LogP contribution in [-0.4, -0.2) is 10.6 Å². The summed E-state index contributed by atoms with van der Waals surface area (Å²) in [5.74, 6) is 0.575. The fraction of sp³-hybridized carbons (Fsp3) is 0.412. The number of aromatic nitrogens is 1. The maximum Gasteiger partial charge on any atom is 0.0519 e. The van der Waals surface area contributed by atoms with Crippen molar-refractivity contribution in [3.63, 3.8) is 0 Å². The highest BCUT2D eigenvalue weighted by Crippen LogP contribution is 2.38. The van der Waals surface area contributed by atoms with E-state index in [0.717, 1.165) is 13.0 Å². The molecule has 2 heteroatoms. The van der Waals surface area contributed by atoms with Crippen LogP contribution >= 0.6 is 0 Å². The summed E-state index contributed by atoms with van der Waals surface area (Å²) < 4.78 is 2.32. The van der Waals surface area contributed by atoms with Gasteiger partial charge in [0.1, 0.15) is 0 Å². The van der Waals surface area contributed by atoms with Crippen molar-refractivity contribution in [1.82, 2.24) is 4.57 Å². The summed E-state index contributed by atoms with van der Waals surface area (Å²) in [6.07, 6.45) is 3.24. The van der Waals surface area contributed by atoms with Crippen LogP contribution in [0.1, 0.15) is 43.4 Å². The molecule has 0 unspecified atom stereocenters. The van der Waals surface area contributed by atoms with Crippen molar-refractivity contribution in [2.75, 3.05) is 0 Å². The maximum atomic E-state index is 5.95. The zero-order valence-electron chi connectivity index (χ0n) is 12.0. The van der Waals surface area contributed by atoms with Gasteiger partial charge in [-0.3, -0.25) is 0 Å². The minimum absolute atomic E-state index is 0.189. The van der Waals surface area contributed by atoms with E-state index in [1.807, 2.05) is 0 Å². The fourth-order valence-electron chi connectivity index (χ4n) is 2.98. The van der Waals surface area contributed by atoms with Crippen molar-refractivity contribution in [1.29, 1.82) is 0 Å². The van der Waals surface area contributed by atoms with Crippen LogP contribution < -0.4 is 5.73 Å². The van der Waals surface area contributed by atoms with E-state index in [-0.39, 0.29) is 6.04 Å². The van der Waals surface area contributed by atoms with Gasteiger partial charge in [-0.25, -0.2) is 0 Å². The van der Waals surface area contributed by atoms with Crippen LogP contribution in [-0.2, 0) is 13.0 Å². The van der Waals surface area contributed by atoms with Gasteiger partial charge < -0.3 is 10.3 Å². The second-order valence-corrected chi connectivity index (χ2v) is 6.07. The van der Waals surface area contributed by atoms with Crippen molar-refractivity contribution >= 4 is 0 Å². The summed E-state index contributed by atoms with van der Waals surface area (Å²) in [5.41, 5.74) is 13.1. The first-order chi connectivity index (χ1) is 9.06. The van der Waals surface area contributed by atoms with E-state index < -0.39 is 0 Å². The Morgan fingerprint density at radius 2 is 1.95 bits per heavy atom. The highest BCUT2D eigenvalue weighted by Gasteiger charge is 2.23. The molecule has 0 saturated heterocycles. The lowest BCUT2D eigenvalue weighted by Crippen LogP contribution is -2.22. The third kappa shape index (κ3) is 2.10. The molecule has 2 N–H and O–H groups in total. The second kappa shape index (κ2) is 4.53. The number of rotatable bonds is 3. The standard InChI is InChI=1S/C17H22N2/c1-11(2)13-4-5-14-8-15-6-7-19(10-12(3)18)17(15)16(14)9-13/h4-7,9,11-12H,8,10,18H2,1-3H3/t12-/m0/s1. The number of benzene rings is 1. The molecule has 3 rings (SSSR count). The summed E-state index contributed by atoms with van der Waals surface area (Å²) in [6.45, 7) is 7.45. The molecule has 0 fully saturated rings. The first-order valence-electron chi connectivity index (χ1n) is 7.13. The molecule has 0 aliphatic heterocycles. The fourth-order valence-corrected chi connectivity index (χ4v) is 2.98. The molecule has 1 atom stereocenters. The van der Waals surface area contributed by atoms with Gasteiger partial charge in [0.15, 0.2) is 0 Å². The van der Waals surface area contributed by atoms with Crippen molar-refractivity contribution in [3.05, 3.63) is 47.2 Å². The van der Waals surface area contributed by atoms with Crippen LogP contribution in [0.15, 0.2) is 30.5 Å². The minimum atomic E-state index is 0.189. The van der Waals surface area contributed by atoms with Gasteiger partial charge in [-0.2, -0.15) is 0 Å². The number of nitrogens with zero attached hydrogens (tertiary/aromatic N) is 1. The summed E-state index contributed by atoms with van der Waals surface area (Å²) in [4.78, 5) is 0. The quantitative estimate of drug-likeness (QED) is 0.761. The predicted octanol–water partition coefficient (Wildman–Crippen LogP) is 3.53. The lowest BCUT2D eigenvalue weighted by atomic mass is 9.98. The molecule has 0 spiro atoms. The Morgan fingerprint density at radius 1 is 1.16 bits per heavy atom. The Balaban J connectivity index is 2.08. The SMILES string of the molecule is CC(C)c1ccc2c(c1)-c1c(ccn1C[C@H](C)N)C2. The predicted molar refractivity (Wildman–Crippen MR) is 80.4 cm³/mol. The second-order valence-electron chi connectivity index (χ2n) is 6.07. The van der Waals surface area contributed by atoms with Gasteiger partial charge in [0, 0.05) is 30.8 Å². The van der Waals surface area contributed by atoms with E-state index in [4.69, 9.17) is 5.73 Å². The van der Waals surface area contributed by atoms with Gasteiger partial charge in [0.25, 0.3) is 0 Å². The molecule has 2 aromatic rings. The van der Waals surface area contributed by atoms with Gasteiger partial charge in [-0.1, -0.05) is 26.0 Å². The van der Waals surface area contributed by atoms with Gasteiger partial charge in [0.2, 0.25) is 0 Å².